The van der Waals surface area contributed by atoms with Crippen molar-refractivity contribution in [1.82, 2.24) is 15.0 Å². The maximum Gasteiger partial charge on any atom is 0.185 e. The third-order valence-electron chi connectivity index (χ3n) is 5.84. The van der Waals surface area contributed by atoms with Crippen LogP contribution in [0.25, 0.3) is 23.0 Å². The van der Waals surface area contributed by atoms with Crippen molar-refractivity contribution in [3.05, 3.63) is 95.7 Å². The van der Waals surface area contributed by atoms with E-state index in [1.165, 1.54) is 44.1 Å². The lowest BCUT2D eigenvalue weighted by molar-refractivity contribution is 0.104. The van der Waals surface area contributed by atoms with E-state index in [4.69, 9.17) is 4.74 Å². The standard InChI is InChI=1S/C29H29N3O3/c1-3-4-5-7-21-10-14-23(15-11-21)26-20-32(31-30-26)25-9-6-8-24(19-25)27(33)16-12-22-13-17-28(34)29(18-22)35-2/h6,8-20,34H,3-5,7H2,1-2H3/b16-12+. The summed E-state index contributed by atoms with van der Waals surface area (Å²) in [6, 6.07) is 20.7. The number of aromatic nitrogens is 3. The molecule has 0 amide bonds. The molecule has 178 valence electrons. The Hall–Kier alpha value is -4.19. The van der Waals surface area contributed by atoms with E-state index >= 15 is 0 Å². The van der Waals surface area contributed by atoms with Crippen LogP contribution in [0.2, 0.25) is 0 Å². The van der Waals surface area contributed by atoms with Crippen molar-refractivity contribution in [2.45, 2.75) is 32.6 Å². The normalized spacial score (nSPS) is 11.1. The van der Waals surface area contributed by atoms with E-state index in [1.54, 1.807) is 35.0 Å². The molecule has 4 aromatic rings. The Bertz CT molecular complexity index is 1320. The van der Waals surface area contributed by atoms with E-state index in [0.29, 0.717) is 11.3 Å². The molecule has 6 heteroatoms. The van der Waals surface area contributed by atoms with E-state index in [-0.39, 0.29) is 11.5 Å². The van der Waals surface area contributed by atoms with E-state index in [1.807, 2.05) is 18.3 Å². The second kappa shape index (κ2) is 11.3. The van der Waals surface area contributed by atoms with Gasteiger partial charge in [0.15, 0.2) is 17.3 Å². The lowest BCUT2D eigenvalue weighted by Crippen LogP contribution is -1.99. The molecular formula is C29H29N3O3. The zero-order valence-corrected chi connectivity index (χ0v) is 20.0. The van der Waals surface area contributed by atoms with Crippen LogP contribution in [0.15, 0.2) is 79.0 Å². The van der Waals surface area contributed by atoms with Crippen LogP contribution in [0.1, 0.15) is 47.7 Å². The van der Waals surface area contributed by atoms with Gasteiger partial charge in [-0.05, 0) is 54.3 Å². The second-order valence-corrected chi connectivity index (χ2v) is 8.38. The highest BCUT2D eigenvalue weighted by molar-refractivity contribution is 6.07. The molecule has 0 bridgehead atoms. The number of carbonyl (C=O) groups is 1. The number of methoxy groups -OCH3 is 1. The molecule has 1 heterocycles. The van der Waals surface area contributed by atoms with Gasteiger partial charge in [0.25, 0.3) is 0 Å². The summed E-state index contributed by atoms with van der Waals surface area (Å²) in [4.78, 5) is 12.8. The molecule has 0 unspecified atom stereocenters. The summed E-state index contributed by atoms with van der Waals surface area (Å²) < 4.78 is 6.79. The van der Waals surface area contributed by atoms with E-state index in [2.05, 4.69) is 41.5 Å². The molecule has 0 aliphatic carbocycles. The zero-order chi connectivity index (χ0) is 24.6. The first-order valence-corrected chi connectivity index (χ1v) is 11.8. The minimum atomic E-state index is -0.141. The van der Waals surface area contributed by atoms with Crippen LogP contribution < -0.4 is 4.74 Å². The van der Waals surface area contributed by atoms with Crippen molar-refractivity contribution in [3.8, 4) is 28.4 Å². The Morgan fingerprint density at radius 2 is 1.89 bits per heavy atom. The average molecular weight is 468 g/mol. The maximum atomic E-state index is 12.8. The van der Waals surface area contributed by atoms with Gasteiger partial charge >= 0.3 is 0 Å². The highest BCUT2D eigenvalue weighted by atomic mass is 16.5. The van der Waals surface area contributed by atoms with E-state index in [9.17, 15) is 9.90 Å². The van der Waals surface area contributed by atoms with Crippen LogP contribution in [0.4, 0.5) is 0 Å². The average Bonchev–Trinajstić information content (AvgIpc) is 3.39. The first-order chi connectivity index (χ1) is 17.1. The summed E-state index contributed by atoms with van der Waals surface area (Å²) in [6.45, 7) is 2.21. The summed E-state index contributed by atoms with van der Waals surface area (Å²) in [5.74, 6) is 0.270. The van der Waals surface area contributed by atoms with Gasteiger partial charge < -0.3 is 9.84 Å². The third kappa shape index (κ3) is 6.03. The van der Waals surface area contributed by atoms with Crippen LogP contribution >= 0.6 is 0 Å². The van der Waals surface area contributed by atoms with Crippen LogP contribution in [0.5, 0.6) is 11.5 Å². The zero-order valence-electron chi connectivity index (χ0n) is 20.0. The number of nitrogens with zero attached hydrogens (tertiary/aromatic N) is 3. The van der Waals surface area contributed by atoms with Crippen molar-refractivity contribution < 1.29 is 14.6 Å². The molecule has 0 fully saturated rings. The number of carbonyl (C=O) groups excluding carboxylic acids is 1. The highest BCUT2D eigenvalue weighted by Crippen LogP contribution is 2.27. The molecule has 4 rings (SSSR count). The molecule has 0 atom stereocenters. The molecule has 0 aliphatic rings. The fourth-order valence-electron chi connectivity index (χ4n) is 3.81. The number of aromatic hydroxyl groups is 1. The molecule has 1 aromatic heterocycles. The Balaban J connectivity index is 1.47. The number of benzene rings is 3. The predicted octanol–water partition coefficient (Wildman–Crippen LogP) is 6.28. The summed E-state index contributed by atoms with van der Waals surface area (Å²) >= 11 is 0. The Morgan fingerprint density at radius 3 is 2.66 bits per heavy atom. The smallest absolute Gasteiger partial charge is 0.185 e. The lowest BCUT2D eigenvalue weighted by atomic mass is 10.0. The minimum absolute atomic E-state index is 0.0544. The molecule has 3 aromatic carbocycles. The van der Waals surface area contributed by atoms with Crippen molar-refractivity contribution >= 4 is 11.9 Å². The number of ketones is 1. The van der Waals surface area contributed by atoms with Gasteiger partial charge in [-0.25, -0.2) is 4.68 Å². The topological polar surface area (TPSA) is 77.2 Å². The number of allylic oxidation sites excluding steroid dienone is 1. The largest absolute Gasteiger partial charge is 0.504 e. The Morgan fingerprint density at radius 1 is 1.06 bits per heavy atom. The highest BCUT2D eigenvalue weighted by Gasteiger charge is 2.09. The van der Waals surface area contributed by atoms with Crippen molar-refractivity contribution in [3.63, 3.8) is 0 Å². The van der Waals surface area contributed by atoms with Crippen LogP contribution in [0, 0.1) is 0 Å². The first-order valence-electron chi connectivity index (χ1n) is 11.8. The van der Waals surface area contributed by atoms with Gasteiger partial charge in [0.1, 0.15) is 5.69 Å². The molecule has 0 saturated heterocycles. The van der Waals surface area contributed by atoms with Crippen LogP contribution in [-0.4, -0.2) is 33.0 Å². The summed E-state index contributed by atoms with van der Waals surface area (Å²) in [7, 11) is 1.48. The Labute approximate surface area is 205 Å². The van der Waals surface area contributed by atoms with Gasteiger partial charge in [-0.3, -0.25) is 4.79 Å². The molecule has 0 radical (unpaired) electrons. The number of hydrogen-bond acceptors (Lipinski definition) is 5. The first kappa shape index (κ1) is 24.0. The molecule has 1 N–H and O–H groups in total. The summed E-state index contributed by atoms with van der Waals surface area (Å²) in [6.07, 6.45) is 9.83. The number of rotatable bonds is 10. The predicted molar refractivity (Wildman–Crippen MR) is 138 cm³/mol. The fourth-order valence-corrected chi connectivity index (χ4v) is 3.81. The number of hydrogen-bond donors (Lipinski definition) is 1. The number of aryl methyl sites for hydroxylation is 1. The fraction of sp³-hybridized carbons (Fsp3) is 0.207. The number of unbranched alkanes of at least 4 members (excludes halogenated alkanes) is 2. The Kier molecular flexibility index (Phi) is 7.73. The molecular weight excluding hydrogens is 438 g/mol. The SMILES string of the molecule is CCCCCc1ccc(-c2cn(-c3cccc(C(=O)/C=C/c4ccc(O)c(OC)c4)c3)nn2)cc1. The number of phenolic OH excluding ortho intramolecular Hbond substituents is 1. The van der Waals surface area contributed by atoms with Crippen molar-refractivity contribution in [2.24, 2.45) is 0 Å². The quantitative estimate of drug-likeness (QED) is 0.169. The molecule has 0 spiro atoms. The summed E-state index contributed by atoms with van der Waals surface area (Å²) in [5.41, 5.74) is 5.17. The molecule has 6 nitrogen and oxygen atoms in total. The van der Waals surface area contributed by atoms with Gasteiger partial charge in [-0.1, -0.05) is 73.5 Å². The molecule has 0 aliphatic heterocycles. The number of phenols is 1. The van der Waals surface area contributed by atoms with Gasteiger partial charge in [-0.15, -0.1) is 5.10 Å². The summed E-state index contributed by atoms with van der Waals surface area (Å²) in [5, 5.41) is 18.3. The van der Waals surface area contributed by atoms with Crippen LogP contribution in [-0.2, 0) is 6.42 Å². The van der Waals surface area contributed by atoms with Crippen molar-refractivity contribution in [1.29, 1.82) is 0 Å². The van der Waals surface area contributed by atoms with Gasteiger partial charge in [0.2, 0.25) is 0 Å². The molecule has 0 saturated carbocycles. The third-order valence-corrected chi connectivity index (χ3v) is 5.84. The van der Waals surface area contributed by atoms with Gasteiger partial charge in [-0.2, -0.15) is 0 Å². The molecule has 35 heavy (non-hydrogen) atoms. The second-order valence-electron chi connectivity index (χ2n) is 8.38. The van der Waals surface area contributed by atoms with E-state index in [0.717, 1.165) is 28.9 Å². The van der Waals surface area contributed by atoms with Gasteiger partial charge in [0.05, 0.1) is 19.0 Å². The van der Waals surface area contributed by atoms with Gasteiger partial charge in [0, 0.05) is 11.1 Å². The number of ether oxygens (including phenoxy) is 1. The maximum absolute atomic E-state index is 12.8. The van der Waals surface area contributed by atoms with Crippen molar-refractivity contribution in [2.75, 3.05) is 7.11 Å². The lowest BCUT2D eigenvalue weighted by Gasteiger charge is -2.04. The van der Waals surface area contributed by atoms with E-state index < -0.39 is 0 Å². The minimum Gasteiger partial charge on any atom is -0.504 e. The monoisotopic (exact) mass is 467 g/mol. The van der Waals surface area contributed by atoms with Crippen LogP contribution in [0.3, 0.4) is 0 Å².